The molecule has 0 bridgehead atoms. The normalized spacial score (nSPS) is 10.1. The number of amides is 1. The Hall–Kier alpha value is -0.250. The molecule has 0 aliphatic rings. The molecule has 0 aromatic heterocycles. The van der Waals surface area contributed by atoms with E-state index in [0.717, 1.165) is 4.47 Å². The SMILES string of the molecule is O=C(CCCCl)Nc1cc(Cl)ccc1Br. The lowest BCUT2D eigenvalue weighted by Gasteiger charge is -2.07. The van der Waals surface area contributed by atoms with Crippen molar-refractivity contribution in [3.63, 3.8) is 0 Å². The predicted octanol–water partition coefficient (Wildman–Crippen LogP) is 4.06. The molecule has 1 rings (SSSR count). The van der Waals surface area contributed by atoms with E-state index in [1.165, 1.54) is 0 Å². The Morgan fingerprint density at radius 2 is 2.20 bits per heavy atom. The fourth-order valence-corrected chi connectivity index (χ4v) is 1.68. The maximum atomic E-state index is 11.4. The zero-order valence-electron chi connectivity index (χ0n) is 7.90. The summed E-state index contributed by atoms with van der Waals surface area (Å²) in [5, 5.41) is 3.35. The number of hydrogen-bond acceptors (Lipinski definition) is 1. The number of alkyl halides is 1. The highest BCUT2D eigenvalue weighted by Gasteiger charge is 2.05. The first-order chi connectivity index (χ1) is 7.13. The molecule has 0 atom stereocenters. The zero-order chi connectivity index (χ0) is 11.3. The van der Waals surface area contributed by atoms with Gasteiger partial charge in [0.15, 0.2) is 0 Å². The van der Waals surface area contributed by atoms with Gasteiger partial charge in [0.1, 0.15) is 0 Å². The van der Waals surface area contributed by atoms with Crippen LogP contribution in [0.25, 0.3) is 0 Å². The lowest BCUT2D eigenvalue weighted by atomic mass is 10.3. The maximum absolute atomic E-state index is 11.4. The van der Waals surface area contributed by atoms with Crippen LogP contribution in [0.5, 0.6) is 0 Å². The molecule has 2 nitrogen and oxygen atoms in total. The molecule has 0 saturated heterocycles. The Balaban J connectivity index is 2.63. The van der Waals surface area contributed by atoms with Gasteiger partial charge in [-0.15, -0.1) is 11.6 Å². The van der Waals surface area contributed by atoms with E-state index in [2.05, 4.69) is 21.2 Å². The van der Waals surface area contributed by atoms with Crippen LogP contribution in [0.4, 0.5) is 5.69 Å². The number of nitrogens with one attached hydrogen (secondary N) is 1. The van der Waals surface area contributed by atoms with Gasteiger partial charge in [-0.05, 0) is 40.5 Å². The largest absolute Gasteiger partial charge is 0.325 e. The highest BCUT2D eigenvalue weighted by atomic mass is 79.9. The minimum Gasteiger partial charge on any atom is -0.325 e. The molecule has 1 N–H and O–H groups in total. The molecule has 0 radical (unpaired) electrons. The Morgan fingerprint density at radius 3 is 2.87 bits per heavy atom. The average molecular weight is 311 g/mol. The van der Waals surface area contributed by atoms with E-state index in [1.54, 1.807) is 18.2 Å². The van der Waals surface area contributed by atoms with Gasteiger partial charge >= 0.3 is 0 Å². The molecule has 0 spiro atoms. The van der Waals surface area contributed by atoms with E-state index in [-0.39, 0.29) is 5.91 Å². The molecule has 0 aliphatic heterocycles. The van der Waals surface area contributed by atoms with Crippen molar-refractivity contribution in [1.82, 2.24) is 0 Å². The van der Waals surface area contributed by atoms with Crippen molar-refractivity contribution in [1.29, 1.82) is 0 Å². The summed E-state index contributed by atoms with van der Waals surface area (Å²) in [5.41, 5.74) is 0.682. The molecule has 1 aromatic carbocycles. The van der Waals surface area contributed by atoms with E-state index >= 15 is 0 Å². The maximum Gasteiger partial charge on any atom is 0.224 e. The molecule has 1 amide bonds. The summed E-state index contributed by atoms with van der Waals surface area (Å²) in [4.78, 5) is 11.4. The van der Waals surface area contributed by atoms with E-state index in [9.17, 15) is 4.79 Å². The fraction of sp³-hybridized carbons (Fsp3) is 0.300. The topological polar surface area (TPSA) is 29.1 Å². The second-order valence-corrected chi connectivity index (χ2v) is 4.63. The van der Waals surface area contributed by atoms with Crippen LogP contribution in [0, 0.1) is 0 Å². The molecule has 0 heterocycles. The van der Waals surface area contributed by atoms with Crippen LogP contribution in [0.2, 0.25) is 5.02 Å². The van der Waals surface area contributed by atoms with Gasteiger partial charge in [0, 0.05) is 21.8 Å². The molecule has 5 heteroatoms. The van der Waals surface area contributed by atoms with Gasteiger partial charge in [-0.1, -0.05) is 11.6 Å². The van der Waals surface area contributed by atoms with E-state index in [0.29, 0.717) is 29.4 Å². The number of anilines is 1. The highest BCUT2D eigenvalue weighted by molar-refractivity contribution is 9.10. The number of hydrogen-bond donors (Lipinski definition) is 1. The van der Waals surface area contributed by atoms with Crippen molar-refractivity contribution in [3.8, 4) is 0 Å². The van der Waals surface area contributed by atoms with Crippen molar-refractivity contribution in [3.05, 3.63) is 27.7 Å². The van der Waals surface area contributed by atoms with Gasteiger partial charge in [-0.2, -0.15) is 0 Å². The number of rotatable bonds is 4. The van der Waals surface area contributed by atoms with Crippen molar-refractivity contribution >= 4 is 50.7 Å². The van der Waals surface area contributed by atoms with Gasteiger partial charge in [0.05, 0.1) is 5.69 Å². The van der Waals surface area contributed by atoms with Crippen molar-refractivity contribution < 1.29 is 4.79 Å². The number of benzene rings is 1. The molecule has 15 heavy (non-hydrogen) atoms. The lowest BCUT2D eigenvalue weighted by Crippen LogP contribution is -2.11. The molecule has 82 valence electrons. The smallest absolute Gasteiger partial charge is 0.224 e. The minimum atomic E-state index is -0.0568. The molecule has 1 aromatic rings. The summed E-state index contributed by atoms with van der Waals surface area (Å²) in [6.07, 6.45) is 1.09. The zero-order valence-corrected chi connectivity index (χ0v) is 11.0. The molecule has 0 unspecified atom stereocenters. The van der Waals surface area contributed by atoms with Crippen molar-refractivity contribution in [2.75, 3.05) is 11.2 Å². The third kappa shape index (κ3) is 4.41. The van der Waals surface area contributed by atoms with E-state index in [4.69, 9.17) is 23.2 Å². The lowest BCUT2D eigenvalue weighted by molar-refractivity contribution is -0.116. The van der Waals surface area contributed by atoms with Gasteiger partial charge in [0.2, 0.25) is 5.91 Å². The summed E-state index contributed by atoms with van der Waals surface area (Å²) in [6, 6.07) is 5.24. The molecule has 0 aliphatic carbocycles. The second-order valence-electron chi connectivity index (χ2n) is 2.96. The Labute approximate surface area is 107 Å². The minimum absolute atomic E-state index is 0.0568. The average Bonchev–Trinajstić information content (AvgIpc) is 2.20. The van der Waals surface area contributed by atoms with Crippen molar-refractivity contribution in [2.45, 2.75) is 12.8 Å². The molecular formula is C10H10BrCl2NO. The summed E-state index contributed by atoms with van der Waals surface area (Å²) < 4.78 is 0.811. The number of halogens is 3. The van der Waals surface area contributed by atoms with Crippen LogP contribution < -0.4 is 5.32 Å². The Kier molecular flexibility index (Phi) is 5.43. The monoisotopic (exact) mass is 309 g/mol. The number of carbonyl (C=O) groups is 1. The van der Waals surface area contributed by atoms with Crippen LogP contribution in [0.15, 0.2) is 22.7 Å². The van der Waals surface area contributed by atoms with Gasteiger partial charge < -0.3 is 5.32 Å². The third-order valence-electron chi connectivity index (χ3n) is 1.74. The summed E-state index contributed by atoms with van der Waals surface area (Å²) in [7, 11) is 0. The fourth-order valence-electron chi connectivity index (χ4n) is 1.03. The van der Waals surface area contributed by atoms with E-state index < -0.39 is 0 Å². The van der Waals surface area contributed by atoms with Crippen LogP contribution in [-0.4, -0.2) is 11.8 Å². The first-order valence-corrected chi connectivity index (χ1v) is 6.15. The molecular weight excluding hydrogens is 301 g/mol. The number of carbonyl (C=O) groups excluding carboxylic acids is 1. The summed E-state index contributed by atoms with van der Waals surface area (Å²) in [5.74, 6) is 0.433. The quantitative estimate of drug-likeness (QED) is 0.835. The Morgan fingerprint density at radius 1 is 1.47 bits per heavy atom. The van der Waals surface area contributed by atoms with Crippen LogP contribution in [0.3, 0.4) is 0 Å². The van der Waals surface area contributed by atoms with Crippen molar-refractivity contribution in [2.24, 2.45) is 0 Å². The van der Waals surface area contributed by atoms with Gasteiger partial charge in [-0.25, -0.2) is 0 Å². The third-order valence-corrected chi connectivity index (χ3v) is 2.93. The highest BCUT2D eigenvalue weighted by Crippen LogP contribution is 2.25. The summed E-state index contributed by atoms with van der Waals surface area (Å²) in [6.45, 7) is 0. The first-order valence-electron chi connectivity index (χ1n) is 4.44. The summed E-state index contributed by atoms with van der Waals surface area (Å²) >= 11 is 14.6. The van der Waals surface area contributed by atoms with E-state index in [1.807, 2.05) is 0 Å². The standard InChI is InChI=1S/C10H10BrCl2NO/c11-8-4-3-7(13)6-9(8)14-10(15)2-1-5-12/h3-4,6H,1-2,5H2,(H,14,15). The molecule has 0 fully saturated rings. The first kappa shape index (κ1) is 12.8. The molecule has 0 saturated carbocycles. The second kappa shape index (κ2) is 6.36. The Bertz CT molecular complexity index is 357. The van der Waals surface area contributed by atoms with Crippen LogP contribution >= 0.6 is 39.1 Å². The van der Waals surface area contributed by atoms with Crippen LogP contribution in [-0.2, 0) is 4.79 Å². The van der Waals surface area contributed by atoms with Gasteiger partial charge in [0.25, 0.3) is 0 Å². The van der Waals surface area contributed by atoms with Gasteiger partial charge in [-0.3, -0.25) is 4.79 Å². The van der Waals surface area contributed by atoms with Crippen LogP contribution in [0.1, 0.15) is 12.8 Å². The predicted molar refractivity (Wildman–Crippen MR) is 67.7 cm³/mol.